The Hall–Kier alpha value is -1.40. The van der Waals surface area contributed by atoms with Crippen molar-refractivity contribution in [3.8, 4) is 0 Å². The van der Waals surface area contributed by atoms with Gasteiger partial charge < -0.3 is 5.32 Å². The molecular formula is C20H30N2O3S. The van der Waals surface area contributed by atoms with Crippen LogP contribution in [-0.2, 0) is 14.6 Å². The molecule has 3 rings (SSSR count). The number of carbonyl (C=O) groups excluding carboxylic acids is 1. The SMILES string of the molecule is CC(c1ccccc1)N1CCC(NC(=O)CCS(=O)(=O)C2CCCC2)C1. The Morgan fingerprint density at radius 1 is 1.19 bits per heavy atom. The molecule has 1 aromatic rings. The molecule has 2 aliphatic rings. The van der Waals surface area contributed by atoms with Gasteiger partial charge in [-0.05, 0) is 31.7 Å². The summed E-state index contributed by atoms with van der Waals surface area (Å²) in [5.41, 5.74) is 1.28. The third kappa shape index (κ3) is 4.86. The van der Waals surface area contributed by atoms with Crippen molar-refractivity contribution >= 4 is 15.7 Å². The molecule has 144 valence electrons. The predicted molar refractivity (Wildman–Crippen MR) is 104 cm³/mol. The van der Waals surface area contributed by atoms with Crippen LogP contribution in [0.2, 0.25) is 0 Å². The number of hydrogen-bond acceptors (Lipinski definition) is 4. The van der Waals surface area contributed by atoms with Crippen molar-refractivity contribution in [2.75, 3.05) is 18.8 Å². The van der Waals surface area contributed by atoms with Crippen LogP contribution < -0.4 is 5.32 Å². The van der Waals surface area contributed by atoms with Crippen LogP contribution in [0.1, 0.15) is 57.1 Å². The molecule has 1 amide bonds. The molecule has 5 nitrogen and oxygen atoms in total. The molecule has 2 atom stereocenters. The summed E-state index contributed by atoms with van der Waals surface area (Å²) in [6.07, 6.45) is 4.51. The van der Waals surface area contributed by atoms with Gasteiger partial charge in [-0.25, -0.2) is 8.42 Å². The maximum absolute atomic E-state index is 12.3. The summed E-state index contributed by atoms with van der Waals surface area (Å²) in [6.45, 7) is 3.95. The Morgan fingerprint density at radius 3 is 2.58 bits per heavy atom. The Kier molecular flexibility index (Phi) is 6.35. The number of carbonyl (C=O) groups is 1. The zero-order chi connectivity index (χ0) is 18.6. The number of rotatable bonds is 7. The molecule has 1 aromatic carbocycles. The van der Waals surface area contributed by atoms with Crippen LogP contribution in [-0.4, -0.2) is 49.4 Å². The lowest BCUT2D eigenvalue weighted by atomic mass is 10.1. The van der Waals surface area contributed by atoms with Crippen LogP contribution in [0.15, 0.2) is 30.3 Å². The van der Waals surface area contributed by atoms with Gasteiger partial charge in [-0.15, -0.1) is 0 Å². The average molecular weight is 379 g/mol. The second-order valence-corrected chi connectivity index (χ2v) is 10.1. The largest absolute Gasteiger partial charge is 0.352 e. The summed E-state index contributed by atoms with van der Waals surface area (Å²) in [5.74, 6) is -0.147. The Labute approximate surface area is 157 Å². The summed E-state index contributed by atoms with van der Waals surface area (Å²) in [7, 11) is -3.12. The van der Waals surface area contributed by atoms with Gasteiger partial charge in [0.1, 0.15) is 0 Å². The molecule has 0 aromatic heterocycles. The molecule has 0 bridgehead atoms. The Morgan fingerprint density at radius 2 is 1.88 bits per heavy atom. The first kappa shape index (κ1) is 19.4. The molecule has 2 fully saturated rings. The number of hydrogen-bond donors (Lipinski definition) is 1. The fraction of sp³-hybridized carbons (Fsp3) is 0.650. The standard InChI is InChI=1S/C20H30N2O3S/c1-16(17-7-3-2-4-8-17)22-13-11-18(15-22)21-20(23)12-14-26(24,25)19-9-5-6-10-19/h2-4,7-8,16,18-19H,5-6,9-15H2,1H3,(H,21,23). The number of sulfone groups is 1. The maximum Gasteiger partial charge on any atom is 0.221 e. The summed E-state index contributed by atoms with van der Waals surface area (Å²) < 4.78 is 24.6. The molecule has 0 spiro atoms. The van der Waals surface area contributed by atoms with Gasteiger partial charge in [0.15, 0.2) is 9.84 Å². The Bertz CT molecular complexity index is 699. The number of nitrogens with zero attached hydrogens (tertiary/aromatic N) is 1. The molecule has 0 radical (unpaired) electrons. The van der Waals surface area contributed by atoms with Crippen molar-refractivity contribution < 1.29 is 13.2 Å². The van der Waals surface area contributed by atoms with Crippen LogP contribution in [0.4, 0.5) is 0 Å². The van der Waals surface area contributed by atoms with Crippen molar-refractivity contribution in [3.63, 3.8) is 0 Å². The van der Waals surface area contributed by atoms with Crippen molar-refractivity contribution in [3.05, 3.63) is 35.9 Å². The summed E-state index contributed by atoms with van der Waals surface area (Å²) in [4.78, 5) is 14.6. The van der Waals surface area contributed by atoms with Crippen LogP contribution >= 0.6 is 0 Å². The first-order chi connectivity index (χ1) is 12.5. The van der Waals surface area contributed by atoms with E-state index in [9.17, 15) is 13.2 Å². The van der Waals surface area contributed by atoms with E-state index >= 15 is 0 Å². The average Bonchev–Trinajstić information content (AvgIpc) is 3.33. The molecule has 1 aliphatic carbocycles. The number of nitrogens with one attached hydrogen (secondary N) is 1. The van der Waals surface area contributed by atoms with Gasteiger partial charge in [0.2, 0.25) is 5.91 Å². The third-order valence-electron chi connectivity index (χ3n) is 5.84. The first-order valence-corrected chi connectivity index (χ1v) is 11.5. The fourth-order valence-electron chi connectivity index (χ4n) is 4.15. The molecule has 1 heterocycles. The van der Waals surface area contributed by atoms with Gasteiger partial charge in [-0.1, -0.05) is 43.2 Å². The van der Waals surface area contributed by atoms with Crippen molar-refractivity contribution in [2.45, 2.75) is 62.8 Å². The topological polar surface area (TPSA) is 66.5 Å². The molecule has 1 saturated heterocycles. The van der Waals surface area contributed by atoms with E-state index in [1.807, 2.05) is 18.2 Å². The van der Waals surface area contributed by atoms with Crippen LogP contribution in [0, 0.1) is 0 Å². The highest BCUT2D eigenvalue weighted by Crippen LogP contribution is 2.26. The van der Waals surface area contributed by atoms with Gasteiger partial charge in [0.05, 0.1) is 11.0 Å². The lowest BCUT2D eigenvalue weighted by Gasteiger charge is -2.24. The smallest absolute Gasteiger partial charge is 0.221 e. The summed E-state index contributed by atoms with van der Waals surface area (Å²) in [6, 6.07) is 10.8. The minimum absolute atomic E-state index is 0.0135. The second kappa shape index (κ2) is 8.53. The number of likely N-dealkylation sites (tertiary alicyclic amines) is 1. The van der Waals surface area contributed by atoms with Crippen molar-refractivity contribution in [1.82, 2.24) is 10.2 Å². The van der Waals surface area contributed by atoms with Gasteiger partial charge in [-0.3, -0.25) is 9.69 Å². The van der Waals surface area contributed by atoms with E-state index in [4.69, 9.17) is 0 Å². The van der Waals surface area contributed by atoms with Crippen molar-refractivity contribution in [2.24, 2.45) is 0 Å². The van der Waals surface area contributed by atoms with Gasteiger partial charge >= 0.3 is 0 Å². The maximum atomic E-state index is 12.3. The lowest BCUT2D eigenvalue weighted by Crippen LogP contribution is -2.38. The zero-order valence-electron chi connectivity index (χ0n) is 15.6. The number of benzene rings is 1. The minimum Gasteiger partial charge on any atom is -0.352 e. The molecular weight excluding hydrogens is 348 g/mol. The third-order valence-corrected chi connectivity index (χ3v) is 8.10. The predicted octanol–water partition coefficient (Wildman–Crippen LogP) is 2.69. The summed E-state index contributed by atoms with van der Waals surface area (Å²) in [5, 5.41) is 2.81. The van der Waals surface area contributed by atoms with E-state index < -0.39 is 9.84 Å². The molecule has 1 N–H and O–H groups in total. The lowest BCUT2D eigenvalue weighted by molar-refractivity contribution is -0.121. The highest BCUT2D eigenvalue weighted by Gasteiger charge is 2.30. The number of amides is 1. The molecule has 6 heteroatoms. The Balaban J connectivity index is 1.44. The zero-order valence-corrected chi connectivity index (χ0v) is 16.4. The van der Waals surface area contributed by atoms with Gasteiger partial charge in [0, 0.05) is 31.6 Å². The van der Waals surface area contributed by atoms with E-state index in [0.29, 0.717) is 6.04 Å². The van der Waals surface area contributed by atoms with E-state index in [-0.39, 0.29) is 29.4 Å². The van der Waals surface area contributed by atoms with Crippen LogP contribution in [0.3, 0.4) is 0 Å². The van der Waals surface area contributed by atoms with E-state index in [1.165, 1.54) is 5.56 Å². The van der Waals surface area contributed by atoms with E-state index in [1.54, 1.807) is 0 Å². The van der Waals surface area contributed by atoms with E-state index in [0.717, 1.165) is 45.2 Å². The normalized spacial score (nSPS) is 23.2. The molecule has 1 aliphatic heterocycles. The highest BCUT2D eigenvalue weighted by atomic mass is 32.2. The fourth-order valence-corrected chi connectivity index (χ4v) is 6.00. The second-order valence-electron chi connectivity index (χ2n) is 7.66. The molecule has 1 saturated carbocycles. The summed E-state index contributed by atoms with van der Waals surface area (Å²) >= 11 is 0. The van der Waals surface area contributed by atoms with Crippen LogP contribution in [0.25, 0.3) is 0 Å². The van der Waals surface area contributed by atoms with Crippen LogP contribution in [0.5, 0.6) is 0 Å². The quantitative estimate of drug-likeness (QED) is 0.792. The molecule has 26 heavy (non-hydrogen) atoms. The molecule has 2 unspecified atom stereocenters. The monoisotopic (exact) mass is 378 g/mol. The van der Waals surface area contributed by atoms with Crippen molar-refractivity contribution in [1.29, 1.82) is 0 Å². The highest BCUT2D eigenvalue weighted by molar-refractivity contribution is 7.92. The first-order valence-electron chi connectivity index (χ1n) is 9.75. The van der Waals surface area contributed by atoms with E-state index in [2.05, 4.69) is 29.3 Å². The minimum atomic E-state index is -3.12. The van der Waals surface area contributed by atoms with Gasteiger partial charge in [-0.2, -0.15) is 0 Å². The van der Waals surface area contributed by atoms with Gasteiger partial charge in [0.25, 0.3) is 0 Å².